The van der Waals surface area contributed by atoms with Crippen molar-refractivity contribution >= 4 is 39.6 Å². The fourth-order valence-corrected chi connectivity index (χ4v) is 2.94. The van der Waals surface area contributed by atoms with E-state index >= 15 is 0 Å². The quantitative estimate of drug-likeness (QED) is 0.474. The molecule has 0 spiro atoms. The molecular formula is C11H12BrNO5S. The molecule has 1 aromatic rings. The van der Waals surface area contributed by atoms with Gasteiger partial charge in [-0.25, -0.2) is 4.79 Å². The Balaban J connectivity index is 2.82. The van der Waals surface area contributed by atoms with Crippen LogP contribution in [0, 0.1) is 0 Å². The normalized spacial score (nSPS) is 11.9. The minimum atomic E-state index is -1.17. The van der Waals surface area contributed by atoms with Crippen LogP contribution in [0.5, 0.6) is 11.5 Å². The highest BCUT2D eigenvalue weighted by molar-refractivity contribution is 9.10. The third-order valence-corrected chi connectivity index (χ3v) is 4.39. The van der Waals surface area contributed by atoms with Crippen molar-refractivity contribution in [3.63, 3.8) is 0 Å². The van der Waals surface area contributed by atoms with Crippen molar-refractivity contribution in [3.05, 3.63) is 16.6 Å². The first-order chi connectivity index (χ1) is 8.82. The van der Waals surface area contributed by atoms with Gasteiger partial charge in [-0.2, -0.15) is 0 Å². The second-order valence-electron chi connectivity index (χ2n) is 3.65. The maximum Gasteiger partial charge on any atom is 0.327 e. The van der Waals surface area contributed by atoms with Crippen molar-refractivity contribution < 1.29 is 24.9 Å². The van der Waals surface area contributed by atoms with Gasteiger partial charge in [0.1, 0.15) is 17.5 Å². The van der Waals surface area contributed by atoms with E-state index in [-0.39, 0.29) is 21.7 Å². The largest absolute Gasteiger partial charge is 0.507 e. The molecule has 19 heavy (non-hydrogen) atoms. The van der Waals surface area contributed by atoms with Crippen LogP contribution in [0.25, 0.3) is 0 Å². The fraction of sp³-hybridized carbons (Fsp3) is 0.273. The number of nitrogens with one attached hydrogen (secondary N) is 1. The van der Waals surface area contributed by atoms with Crippen LogP contribution in [0.3, 0.4) is 0 Å². The molecule has 104 valence electrons. The van der Waals surface area contributed by atoms with Gasteiger partial charge in [0.25, 0.3) is 0 Å². The monoisotopic (exact) mass is 349 g/mol. The minimum absolute atomic E-state index is 0.0184. The van der Waals surface area contributed by atoms with Gasteiger partial charge in [0.05, 0.1) is 9.37 Å². The maximum atomic E-state index is 10.9. The number of carboxylic acid groups (broad SMARTS) is 1. The summed E-state index contributed by atoms with van der Waals surface area (Å²) < 4.78 is 0.282. The lowest BCUT2D eigenvalue weighted by Gasteiger charge is -2.14. The van der Waals surface area contributed by atoms with Crippen LogP contribution < -0.4 is 5.32 Å². The van der Waals surface area contributed by atoms with E-state index in [0.29, 0.717) is 4.90 Å². The zero-order chi connectivity index (χ0) is 14.6. The number of phenolic OH excluding ortho intramolecular Hbond substituents is 2. The molecule has 0 saturated heterocycles. The average molecular weight is 350 g/mol. The number of hydrogen-bond acceptors (Lipinski definition) is 5. The SMILES string of the molecule is CC(=O)NC(CSc1c(O)ccc(O)c1Br)C(=O)O. The maximum absolute atomic E-state index is 10.9. The summed E-state index contributed by atoms with van der Waals surface area (Å²) in [4.78, 5) is 22.1. The first-order valence-corrected chi connectivity index (χ1v) is 6.94. The number of rotatable bonds is 5. The standard InChI is InChI=1S/C11H12BrNO5S/c1-5(14)13-6(11(17)18)4-19-10-8(16)3-2-7(15)9(10)12/h2-3,6,15-16H,4H2,1H3,(H,13,14)(H,17,18). The van der Waals surface area contributed by atoms with Gasteiger partial charge < -0.3 is 20.6 Å². The zero-order valence-electron chi connectivity index (χ0n) is 9.88. The van der Waals surface area contributed by atoms with Crippen LogP contribution in [-0.4, -0.2) is 39.0 Å². The van der Waals surface area contributed by atoms with Crippen LogP contribution in [0.4, 0.5) is 0 Å². The number of halogens is 1. The Bertz CT molecular complexity index is 508. The molecule has 8 heteroatoms. The molecule has 1 aromatic carbocycles. The molecule has 0 aromatic heterocycles. The number of carbonyl (C=O) groups excluding carboxylic acids is 1. The fourth-order valence-electron chi connectivity index (χ4n) is 1.26. The molecule has 0 aliphatic heterocycles. The summed E-state index contributed by atoms with van der Waals surface area (Å²) in [6.45, 7) is 1.22. The number of aromatic hydroxyl groups is 2. The molecule has 0 aliphatic carbocycles. The van der Waals surface area contributed by atoms with Crippen LogP contribution in [-0.2, 0) is 9.59 Å². The van der Waals surface area contributed by atoms with Crippen LogP contribution >= 0.6 is 27.7 Å². The molecule has 4 N–H and O–H groups in total. The number of carboxylic acids is 1. The summed E-state index contributed by atoms with van der Waals surface area (Å²) in [5.41, 5.74) is 0. The van der Waals surface area contributed by atoms with Crippen molar-refractivity contribution in [2.75, 3.05) is 5.75 Å². The molecule has 1 rings (SSSR count). The number of aliphatic carboxylic acids is 1. The molecule has 0 bridgehead atoms. The predicted octanol–water partition coefficient (Wildman–Crippen LogP) is 1.54. The van der Waals surface area contributed by atoms with Crippen LogP contribution in [0.1, 0.15) is 6.92 Å². The van der Waals surface area contributed by atoms with Gasteiger partial charge >= 0.3 is 5.97 Å². The number of benzene rings is 1. The number of hydrogen-bond donors (Lipinski definition) is 4. The minimum Gasteiger partial charge on any atom is -0.507 e. The summed E-state index contributed by atoms with van der Waals surface area (Å²) in [6.07, 6.45) is 0. The Labute approximate surface area is 122 Å². The molecule has 0 saturated carbocycles. The number of amides is 1. The second-order valence-corrected chi connectivity index (χ2v) is 5.47. The van der Waals surface area contributed by atoms with E-state index in [1.807, 2.05) is 0 Å². The van der Waals surface area contributed by atoms with Gasteiger partial charge in [-0.1, -0.05) is 0 Å². The number of thioether (sulfide) groups is 1. The Morgan fingerprint density at radius 1 is 1.37 bits per heavy atom. The highest BCUT2D eigenvalue weighted by Gasteiger charge is 2.20. The Morgan fingerprint density at radius 3 is 2.47 bits per heavy atom. The average Bonchev–Trinajstić information content (AvgIpc) is 2.32. The molecule has 1 unspecified atom stereocenters. The summed E-state index contributed by atoms with van der Waals surface area (Å²) in [7, 11) is 0. The third kappa shape index (κ3) is 4.32. The molecule has 0 fully saturated rings. The predicted molar refractivity (Wildman–Crippen MR) is 73.4 cm³/mol. The van der Waals surface area contributed by atoms with Gasteiger partial charge in [0.2, 0.25) is 5.91 Å². The third-order valence-electron chi connectivity index (χ3n) is 2.13. The Hall–Kier alpha value is -1.41. The van der Waals surface area contributed by atoms with Gasteiger partial charge in [0.15, 0.2) is 0 Å². The topological polar surface area (TPSA) is 107 Å². The molecule has 6 nitrogen and oxygen atoms in total. The second kappa shape index (κ2) is 6.67. The lowest BCUT2D eigenvalue weighted by atomic mass is 10.3. The van der Waals surface area contributed by atoms with Crippen molar-refractivity contribution in [3.8, 4) is 11.5 Å². The van der Waals surface area contributed by atoms with Crippen LogP contribution in [0.15, 0.2) is 21.5 Å². The molecule has 0 aliphatic rings. The summed E-state index contributed by atoms with van der Waals surface area (Å²) >= 11 is 4.12. The first kappa shape index (κ1) is 15.6. The lowest BCUT2D eigenvalue weighted by molar-refractivity contribution is -0.140. The Kier molecular flexibility index (Phi) is 5.49. The molecule has 0 heterocycles. The van der Waals surface area contributed by atoms with Gasteiger partial charge in [-0.15, -0.1) is 11.8 Å². The molecule has 1 amide bonds. The molecular weight excluding hydrogens is 338 g/mol. The van der Waals surface area contributed by atoms with E-state index in [4.69, 9.17) is 5.11 Å². The number of carbonyl (C=O) groups is 2. The van der Waals surface area contributed by atoms with Gasteiger partial charge in [0, 0.05) is 12.7 Å². The number of phenols is 2. The molecule has 0 radical (unpaired) electrons. The summed E-state index contributed by atoms with van der Waals surface area (Å²) in [5, 5.41) is 30.4. The van der Waals surface area contributed by atoms with E-state index in [9.17, 15) is 19.8 Å². The van der Waals surface area contributed by atoms with Crippen molar-refractivity contribution in [2.45, 2.75) is 17.9 Å². The van der Waals surface area contributed by atoms with Crippen molar-refractivity contribution in [2.24, 2.45) is 0 Å². The van der Waals surface area contributed by atoms with E-state index in [1.54, 1.807) is 0 Å². The van der Waals surface area contributed by atoms with Crippen molar-refractivity contribution in [1.82, 2.24) is 5.32 Å². The highest BCUT2D eigenvalue weighted by Crippen LogP contribution is 2.40. The lowest BCUT2D eigenvalue weighted by Crippen LogP contribution is -2.41. The van der Waals surface area contributed by atoms with E-state index < -0.39 is 17.9 Å². The molecule has 1 atom stereocenters. The van der Waals surface area contributed by atoms with Crippen molar-refractivity contribution in [1.29, 1.82) is 0 Å². The Morgan fingerprint density at radius 2 is 1.95 bits per heavy atom. The van der Waals surface area contributed by atoms with E-state index in [2.05, 4.69) is 21.2 Å². The smallest absolute Gasteiger partial charge is 0.327 e. The van der Waals surface area contributed by atoms with Gasteiger partial charge in [-0.05, 0) is 28.1 Å². The van der Waals surface area contributed by atoms with E-state index in [0.717, 1.165) is 11.8 Å². The van der Waals surface area contributed by atoms with Gasteiger partial charge in [-0.3, -0.25) is 4.79 Å². The zero-order valence-corrected chi connectivity index (χ0v) is 12.3. The summed E-state index contributed by atoms with van der Waals surface area (Å²) in [6, 6.07) is 1.54. The summed E-state index contributed by atoms with van der Waals surface area (Å²) in [5.74, 6) is -1.75. The van der Waals surface area contributed by atoms with Crippen LogP contribution in [0.2, 0.25) is 0 Å². The first-order valence-electron chi connectivity index (χ1n) is 5.16. The van der Waals surface area contributed by atoms with E-state index in [1.165, 1.54) is 19.1 Å². The highest BCUT2D eigenvalue weighted by atomic mass is 79.9.